The monoisotopic (exact) mass is 382 g/mol. The lowest BCUT2D eigenvalue weighted by molar-refractivity contribution is 0.0489. The Morgan fingerprint density at radius 1 is 0.786 bits per heavy atom. The summed E-state index contributed by atoms with van der Waals surface area (Å²) in [7, 11) is 0. The highest BCUT2D eigenvalue weighted by molar-refractivity contribution is 6.03. The van der Waals surface area contributed by atoms with Crippen molar-refractivity contribution in [3.63, 3.8) is 0 Å². The van der Waals surface area contributed by atoms with Crippen molar-refractivity contribution in [3.8, 4) is 5.75 Å². The molecular weight excluding hydrogens is 352 g/mol. The first kappa shape index (κ1) is 21.7. The van der Waals surface area contributed by atoms with Gasteiger partial charge in [-0.2, -0.15) is 0 Å². The number of hydrogen-bond acceptors (Lipinski definition) is 4. The summed E-state index contributed by atoms with van der Waals surface area (Å²) in [6.07, 6.45) is 7.58. The van der Waals surface area contributed by atoms with Crippen LogP contribution in [0.1, 0.15) is 78.7 Å². The summed E-state index contributed by atoms with van der Waals surface area (Å²) in [5.74, 6) is -0.566. The molecule has 0 spiro atoms. The Labute approximate surface area is 167 Å². The molecule has 0 N–H and O–H groups in total. The van der Waals surface area contributed by atoms with Crippen molar-refractivity contribution < 1.29 is 19.1 Å². The second kappa shape index (κ2) is 12.0. The van der Waals surface area contributed by atoms with E-state index in [4.69, 9.17) is 9.47 Å². The number of hydrogen-bond donors (Lipinski definition) is 0. The highest BCUT2D eigenvalue weighted by atomic mass is 16.5. The molecule has 2 aromatic rings. The van der Waals surface area contributed by atoms with Crippen LogP contribution in [0.25, 0.3) is 0 Å². The van der Waals surface area contributed by atoms with E-state index in [1.165, 1.54) is 19.3 Å². The molecule has 2 rings (SSSR count). The third kappa shape index (κ3) is 6.84. The standard InChI is InChI=1S/C24H30O4/c1-3-5-6-7-8-11-17-27-23(25)21-15-9-10-16-22(21)24(26)28-20-14-12-13-19(4-2)18-20/h9-10,12-16,18H,3-8,11,17H2,1-2H3. The Balaban J connectivity index is 1.93. The molecule has 0 bridgehead atoms. The summed E-state index contributed by atoms with van der Waals surface area (Å²) < 4.78 is 10.8. The van der Waals surface area contributed by atoms with Crippen LogP contribution in [0.15, 0.2) is 48.5 Å². The minimum Gasteiger partial charge on any atom is -0.462 e. The van der Waals surface area contributed by atoms with Crippen LogP contribution >= 0.6 is 0 Å². The van der Waals surface area contributed by atoms with Crippen molar-refractivity contribution in [1.29, 1.82) is 0 Å². The molecule has 4 heteroatoms. The first-order valence-electron chi connectivity index (χ1n) is 10.2. The van der Waals surface area contributed by atoms with Gasteiger partial charge in [-0.15, -0.1) is 0 Å². The zero-order chi connectivity index (χ0) is 20.2. The van der Waals surface area contributed by atoms with E-state index in [1.807, 2.05) is 25.1 Å². The third-order valence-electron chi connectivity index (χ3n) is 4.62. The van der Waals surface area contributed by atoms with E-state index in [0.29, 0.717) is 12.4 Å². The second-order valence-electron chi connectivity index (χ2n) is 6.84. The van der Waals surface area contributed by atoms with Gasteiger partial charge in [0.25, 0.3) is 0 Å². The van der Waals surface area contributed by atoms with E-state index in [9.17, 15) is 9.59 Å². The summed E-state index contributed by atoms with van der Waals surface area (Å²) in [6, 6.07) is 14.0. The first-order chi connectivity index (χ1) is 13.7. The molecule has 0 aliphatic carbocycles. The molecule has 0 unspecified atom stereocenters. The maximum atomic E-state index is 12.6. The van der Waals surface area contributed by atoms with E-state index in [0.717, 1.165) is 31.2 Å². The van der Waals surface area contributed by atoms with Crippen molar-refractivity contribution in [3.05, 3.63) is 65.2 Å². The van der Waals surface area contributed by atoms with E-state index in [-0.39, 0.29) is 11.1 Å². The summed E-state index contributed by atoms with van der Waals surface area (Å²) in [4.78, 5) is 25.0. The fourth-order valence-electron chi connectivity index (χ4n) is 2.96. The number of carbonyl (C=O) groups excluding carboxylic acids is 2. The Bertz CT molecular complexity index is 767. The fraction of sp³-hybridized carbons (Fsp3) is 0.417. The SMILES string of the molecule is CCCCCCCCOC(=O)c1ccccc1C(=O)Oc1cccc(CC)c1. The van der Waals surface area contributed by atoms with Crippen molar-refractivity contribution in [2.75, 3.05) is 6.61 Å². The molecule has 0 aromatic heterocycles. The normalized spacial score (nSPS) is 10.5. The molecule has 0 atom stereocenters. The van der Waals surface area contributed by atoms with Gasteiger partial charge in [-0.1, -0.05) is 70.2 Å². The van der Waals surface area contributed by atoms with Crippen molar-refractivity contribution in [2.24, 2.45) is 0 Å². The number of rotatable bonds is 11. The van der Waals surface area contributed by atoms with Crippen LogP contribution in [0.2, 0.25) is 0 Å². The lowest BCUT2D eigenvalue weighted by Crippen LogP contribution is -2.16. The minimum absolute atomic E-state index is 0.220. The van der Waals surface area contributed by atoms with Crippen LogP contribution in [0, 0.1) is 0 Å². The van der Waals surface area contributed by atoms with Crippen LogP contribution in [0.5, 0.6) is 5.75 Å². The van der Waals surface area contributed by atoms with E-state index in [1.54, 1.807) is 30.3 Å². The van der Waals surface area contributed by atoms with Gasteiger partial charge in [0.1, 0.15) is 5.75 Å². The van der Waals surface area contributed by atoms with Crippen LogP contribution in [-0.2, 0) is 11.2 Å². The lowest BCUT2D eigenvalue weighted by Gasteiger charge is -2.10. The Morgan fingerprint density at radius 3 is 2.18 bits per heavy atom. The van der Waals surface area contributed by atoms with Gasteiger partial charge in [0.2, 0.25) is 0 Å². The fourth-order valence-corrected chi connectivity index (χ4v) is 2.96. The summed E-state index contributed by atoms with van der Waals surface area (Å²) in [5.41, 5.74) is 1.54. The molecule has 0 saturated heterocycles. The Kier molecular flexibility index (Phi) is 9.26. The molecule has 28 heavy (non-hydrogen) atoms. The average Bonchev–Trinajstić information content (AvgIpc) is 2.73. The molecule has 0 fully saturated rings. The highest BCUT2D eigenvalue weighted by Crippen LogP contribution is 2.18. The zero-order valence-electron chi connectivity index (χ0n) is 16.9. The van der Waals surface area contributed by atoms with E-state index in [2.05, 4.69) is 6.92 Å². The molecule has 0 radical (unpaired) electrons. The number of esters is 2. The third-order valence-corrected chi connectivity index (χ3v) is 4.62. The van der Waals surface area contributed by atoms with Gasteiger partial charge < -0.3 is 9.47 Å². The molecule has 0 heterocycles. The van der Waals surface area contributed by atoms with Crippen LogP contribution in [-0.4, -0.2) is 18.5 Å². The molecule has 4 nitrogen and oxygen atoms in total. The highest BCUT2D eigenvalue weighted by Gasteiger charge is 2.19. The summed E-state index contributed by atoms with van der Waals surface area (Å²) in [5, 5.41) is 0. The van der Waals surface area contributed by atoms with Gasteiger partial charge in [0.05, 0.1) is 17.7 Å². The van der Waals surface area contributed by atoms with E-state index < -0.39 is 11.9 Å². The number of unbranched alkanes of at least 4 members (excludes halogenated alkanes) is 5. The number of ether oxygens (including phenoxy) is 2. The van der Waals surface area contributed by atoms with Crippen molar-refractivity contribution in [2.45, 2.75) is 58.8 Å². The predicted octanol–water partition coefficient (Wildman–Crippen LogP) is 5.99. The van der Waals surface area contributed by atoms with Gasteiger partial charge in [0, 0.05) is 0 Å². The van der Waals surface area contributed by atoms with Gasteiger partial charge in [0.15, 0.2) is 0 Å². The van der Waals surface area contributed by atoms with Crippen LogP contribution < -0.4 is 4.74 Å². The van der Waals surface area contributed by atoms with Crippen molar-refractivity contribution >= 4 is 11.9 Å². The lowest BCUT2D eigenvalue weighted by atomic mass is 10.1. The van der Waals surface area contributed by atoms with Crippen LogP contribution in [0.3, 0.4) is 0 Å². The van der Waals surface area contributed by atoms with Crippen molar-refractivity contribution in [1.82, 2.24) is 0 Å². The second-order valence-corrected chi connectivity index (χ2v) is 6.84. The predicted molar refractivity (Wildman–Crippen MR) is 111 cm³/mol. The molecule has 0 saturated carbocycles. The quantitative estimate of drug-likeness (QED) is 0.272. The Hall–Kier alpha value is -2.62. The Morgan fingerprint density at radius 2 is 1.46 bits per heavy atom. The number of benzene rings is 2. The molecule has 2 aromatic carbocycles. The van der Waals surface area contributed by atoms with Gasteiger partial charge in [-0.05, 0) is 42.7 Å². The molecular formula is C24H30O4. The smallest absolute Gasteiger partial charge is 0.344 e. The van der Waals surface area contributed by atoms with Crippen LogP contribution in [0.4, 0.5) is 0 Å². The summed E-state index contributed by atoms with van der Waals surface area (Å²) >= 11 is 0. The molecule has 0 amide bonds. The van der Waals surface area contributed by atoms with Gasteiger partial charge in [-0.25, -0.2) is 9.59 Å². The summed E-state index contributed by atoms with van der Waals surface area (Å²) in [6.45, 7) is 4.59. The topological polar surface area (TPSA) is 52.6 Å². The number of carbonyl (C=O) groups is 2. The number of aryl methyl sites for hydroxylation is 1. The minimum atomic E-state index is -0.555. The maximum absolute atomic E-state index is 12.6. The average molecular weight is 383 g/mol. The van der Waals surface area contributed by atoms with Gasteiger partial charge >= 0.3 is 11.9 Å². The molecule has 150 valence electrons. The van der Waals surface area contributed by atoms with Gasteiger partial charge in [-0.3, -0.25) is 0 Å². The first-order valence-corrected chi connectivity index (χ1v) is 10.2. The molecule has 0 aliphatic rings. The maximum Gasteiger partial charge on any atom is 0.344 e. The molecule has 0 aliphatic heterocycles. The largest absolute Gasteiger partial charge is 0.462 e. The zero-order valence-corrected chi connectivity index (χ0v) is 16.9. The van der Waals surface area contributed by atoms with E-state index >= 15 is 0 Å².